The predicted octanol–water partition coefficient (Wildman–Crippen LogP) is 4.18. The Kier molecular flexibility index (Phi) is 4.30. The van der Waals surface area contributed by atoms with Crippen LogP contribution < -0.4 is 5.32 Å². The quantitative estimate of drug-likeness (QED) is 0.679. The lowest BCUT2D eigenvalue weighted by Crippen LogP contribution is -2.11. The molecule has 116 valence electrons. The van der Waals surface area contributed by atoms with Crippen molar-refractivity contribution in [1.29, 1.82) is 0 Å². The maximum absolute atomic E-state index is 12.6. The molecule has 0 saturated heterocycles. The third-order valence-corrected chi connectivity index (χ3v) is 3.03. The number of nitrogens with zero attached hydrogens (tertiary/aromatic N) is 2. The van der Waals surface area contributed by atoms with Gasteiger partial charge in [0.25, 0.3) is 5.69 Å². The minimum Gasteiger partial charge on any atom is -0.371 e. The van der Waals surface area contributed by atoms with Gasteiger partial charge in [-0.2, -0.15) is 13.2 Å². The van der Waals surface area contributed by atoms with Crippen LogP contribution in [0.5, 0.6) is 0 Å². The van der Waals surface area contributed by atoms with E-state index in [9.17, 15) is 23.3 Å². The molecule has 0 bridgehead atoms. The Hall–Kier alpha value is -2.64. The molecule has 2 rings (SSSR count). The smallest absolute Gasteiger partial charge is 0.371 e. The minimum atomic E-state index is -4.63. The second kappa shape index (κ2) is 6.00. The number of pyridine rings is 1. The molecule has 1 heterocycles. The summed E-state index contributed by atoms with van der Waals surface area (Å²) >= 11 is 0. The zero-order valence-corrected chi connectivity index (χ0v) is 11.5. The van der Waals surface area contributed by atoms with E-state index in [0.717, 1.165) is 12.1 Å². The van der Waals surface area contributed by atoms with Gasteiger partial charge in [-0.3, -0.25) is 15.1 Å². The molecule has 0 saturated carbocycles. The van der Waals surface area contributed by atoms with Gasteiger partial charge in [-0.15, -0.1) is 0 Å². The van der Waals surface area contributed by atoms with Gasteiger partial charge in [-0.25, -0.2) is 0 Å². The number of nitro benzene ring substituents is 1. The molecule has 1 aromatic carbocycles. The van der Waals surface area contributed by atoms with E-state index in [2.05, 4.69) is 10.3 Å². The second-order valence-corrected chi connectivity index (χ2v) is 4.61. The fourth-order valence-electron chi connectivity index (χ4n) is 1.92. The molecule has 8 heteroatoms. The molecule has 0 unspecified atom stereocenters. The maximum atomic E-state index is 12.6. The van der Waals surface area contributed by atoms with E-state index in [-0.39, 0.29) is 5.69 Å². The largest absolute Gasteiger partial charge is 0.416 e. The lowest BCUT2D eigenvalue weighted by Gasteiger charge is -2.15. The molecule has 0 amide bonds. The Morgan fingerprint density at radius 3 is 2.55 bits per heavy atom. The van der Waals surface area contributed by atoms with E-state index in [4.69, 9.17) is 0 Å². The summed E-state index contributed by atoms with van der Waals surface area (Å²) in [5, 5.41) is 13.8. The van der Waals surface area contributed by atoms with Crippen LogP contribution in [0.3, 0.4) is 0 Å². The Bertz CT molecular complexity index is 675. The van der Waals surface area contributed by atoms with Crippen molar-refractivity contribution in [2.24, 2.45) is 0 Å². The maximum Gasteiger partial charge on any atom is 0.416 e. The summed E-state index contributed by atoms with van der Waals surface area (Å²) in [5.74, 6) is 0. The van der Waals surface area contributed by atoms with Crippen LogP contribution in [0.15, 0.2) is 42.6 Å². The highest BCUT2D eigenvalue weighted by Gasteiger charge is 2.33. The summed E-state index contributed by atoms with van der Waals surface area (Å²) in [6, 6.07) is 7.18. The first-order chi connectivity index (χ1) is 10.3. The highest BCUT2D eigenvalue weighted by molar-refractivity contribution is 5.63. The van der Waals surface area contributed by atoms with Crippen LogP contribution in [0.1, 0.15) is 24.2 Å². The topological polar surface area (TPSA) is 68.1 Å². The number of nitro groups is 1. The summed E-state index contributed by atoms with van der Waals surface area (Å²) < 4.78 is 37.9. The molecule has 22 heavy (non-hydrogen) atoms. The Balaban J connectivity index is 2.33. The predicted molar refractivity (Wildman–Crippen MR) is 74.4 cm³/mol. The summed E-state index contributed by atoms with van der Waals surface area (Å²) in [7, 11) is 0. The Morgan fingerprint density at radius 2 is 2.00 bits per heavy atom. The summed E-state index contributed by atoms with van der Waals surface area (Å²) in [4.78, 5) is 14.3. The minimum absolute atomic E-state index is 0.0103. The molecular formula is C14H12F3N3O2. The third kappa shape index (κ3) is 3.51. The molecule has 5 nitrogen and oxygen atoms in total. The van der Waals surface area contributed by atoms with E-state index in [1.165, 1.54) is 0 Å². The second-order valence-electron chi connectivity index (χ2n) is 4.61. The van der Waals surface area contributed by atoms with E-state index in [1.807, 2.05) is 0 Å². The molecular weight excluding hydrogens is 299 g/mol. The van der Waals surface area contributed by atoms with Gasteiger partial charge in [0.15, 0.2) is 0 Å². The van der Waals surface area contributed by atoms with Crippen molar-refractivity contribution in [3.63, 3.8) is 0 Å². The first kappa shape index (κ1) is 15.7. The van der Waals surface area contributed by atoms with Gasteiger partial charge < -0.3 is 5.32 Å². The van der Waals surface area contributed by atoms with Crippen molar-refractivity contribution in [2.45, 2.75) is 19.1 Å². The summed E-state index contributed by atoms with van der Waals surface area (Å²) in [6.45, 7) is 1.71. The number of anilines is 1. The van der Waals surface area contributed by atoms with Crippen LogP contribution in [-0.4, -0.2) is 9.91 Å². The van der Waals surface area contributed by atoms with Crippen LogP contribution in [0, 0.1) is 10.1 Å². The van der Waals surface area contributed by atoms with Crippen LogP contribution in [0.2, 0.25) is 0 Å². The fraction of sp³-hybridized carbons (Fsp3) is 0.214. The van der Waals surface area contributed by atoms with Gasteiger partial charge >= 0.3 is 6.18 Å². The van der Waals surface area contributed by atoms with Gasteiger partial charge in [-0.05, 0) is 31.2 Å². The monoisotopic (exact) mass is 311 g/mol. The highest BCUT2D eigenvalue weighted by Crippen LogP contribution is 2.35. The molecule has 1 aromatic heterocycles. The van der Waals surface area contributed by atoms with Gasteiger partial charge in [-0.1, -0.05) is 6.07 Å². The van der Waals surface area contributed by atoms with Crippen molar-refractivity contribution >= 4 is 11.4 Å². The molecule has 0 spiro atoms. The molecule has 0 fully saturated rings. The normalized spacial score (nSPS) is 12.7. The van der Waals surface area contributed by atoms with E-state index >= 15 is 0 Å². The van der Waals surface area contributed by atoms with Crippen LogP contribution in [0.25, 0.3) is 0 Å². The SMILES string of the molecule is C[C@@H](Nc1ccc(C(F)(F)F)cc1[N+](=O)[O-])c1ccccn1. The third-order valence-electron chi connectivity index (χ3n) is 3.03. The molecule has 1 N–H and O–H groups in total. The first-order valence-corrected chi connectivity index (χ1v) is 6.32. The van der Waals surface area contributed by atoms with Crippen molar-refractivity contribution < 1.29 is 18.1 Å². The standard InChI is InChI=1S/C14H12F3N3O2/c1-9(11-4-2-3-7-18-11)19-12-6-5-10(14(15,16)17)8-13(12)20(21)22/h2-9,19H,1H3/t9-/m1/s1. The lowest BCUT2D eigenvalue weighted by atomic mass is 10.1. The molecule has 0 radical (unpaired) electrons. The van der Waals surface area contributed by atoms with Crippen molar-refractivity contribution in [1.82, 2.24) is 4.98 Å². The fourth-order valence-corrected chi connectivity index (χ4v) is 1.92. The van der Waals surface area contributed by atoms with Crippen LogP contribution in [-0.2, 0) is 6.18 Å². The lowest BCUT2D eigenvalue weighted by molar-refractivity contribution is -0.384. The number of hydrogen-bond donors (Lipinski definition) is 1. The highest BCUT2D eigenvalue weighted by atomic mass is 19.4. The molecule has 0 aliphatic heterocycles. The number of rotatable bonds is 4. The number of halogens is 3. The number of hydrogen-bond acceptors (Lipinski definition) is 4. The van der Waals surface area contributed by atoms with Crippen LogP contribution >= 0.6 is 0 Å². The van der Waals surface area contributed by atoms with E-state index in [1.54, 1.807) is 31.3 Å². The molecule has 0 aliphatic rings. The number of nitrogens with one attached hydrogen (secondary N) is 1. The van der Waals surface area contributed by atoms with Gasteiger partial charge in [0.05, 0.1) is 22.2 Å². The molecule has 2 aromatic rings. The van der Waals surface area contributed by atoms with Crippen LogP contribution in [0.4, 0.5) is 24.5 Å². The summed E-state index contributed by atoms with van der Waals surface area (Å²) in [6.07, 6.45) is -3.06. The average molecular weight is 311 g/mol. The van der Waals surface area contributed by atoms with Crippen molar-refractivity contribution in [3.05, 3.63) is 64.0 Å². The molecule has 1 atom stereocenters. The first-order valence-electron chi connectivity index (χ1n) is 6.32. The van der Waals surface area contributed by atoms with Crippen molar-refractivity contribution in [3.8, 4) is 0 Å². The van der Waals surface area contributed by atoms with Gasteiger partial charge in [0.2, 0.25) is 0 Å². The zero-order chi connectivity index (χ0) is 16.3. The van der Waals surface area contributed by atoms with E-state index in [0.29, 0.717) is 11.8 Å². The van der Waals surface area contributed by atoms with Gasteiger partial charge in [0, 0.05) is 12.3 Å². The number of alkyl halides is 3. The zero-order valence-electron chi connectivity index (χ0n) is 11.5. The Labute approximate surface area is 124 Å². The van der Waals surface area contributed by atoms with Crippen molar-refractivity contribution in [2.75, 3.05) is 5.32 Å². The Morgan fingerprint density at radius 1 is 1.27 bits per heavy atom. The molecule has 0 aliphatic carbocycles. The summed E-state index contributed by atoms with van der Waals surface area (Å²) in [5.41, 5.74) is -1.05. The van der Waals surface area contributed by atoms with Gasteiger partial charge in [0.1, 0.15) is 5.69 Å². The average Bonchev–Trinajstić information content (AvgIpc) is 2.47. The number of benzene rings is 1. The van der Waals surface area contributed by atoms with E-state index < -0.39 is 28.4 Å². The number of aromatic nitrogens is 1.